The van der Waals surface area contributed by atoms with Gasteiger partial charge in [-0.05, 0) is 105 Å². The lowest BCUT2D eigenvalue weighted by Gasteiger charge is -2.18. The normalized spacial score (nSPS) is 12.7. The lowest BCUT2D eigenvalue weighted by molar-refractivity contribution is 0.990. The minimum Gasteiger partial charge on any atom is -0.261 e. The Morgan fingerprint density at radius 3 is 2.29 bits per heavy atom. The summed E-state index contributed by atoms with van der Waals surface area (Å²) in [5.74, 6) is 0.660. The standard InChI is InChI=1S/C42H31N3/c43-27-32-16-11-18-33(22-32)35-23-36(41-26-34-17-7-8-19-38(34)39-20-9-10-21-40(39)41)25-37(24-35)42(44-28-30-12-3-1-4-13-30)45-29-31-14-5-2-6-15-31/h1-6,8-16,18-26,28H,7,17,29H2/b44-28+,45-42-. The number of nitrogens with zero attached hydrogens (tertiary/aromatic N) is 3. The van der Waals surface area contributed by atoms with Crippen LogP contribution in [0.5, 0.6) is 0 Å². The molecule has 0 amide bonds. The zero-order valence-corrected chi connectivity index (χ0v) is 24.9. The Labute approximate surface area is 264 Å². The Kier molecular flexibility index (Phi) is 7.95. The summed E-state index contributed by atoms with van der Waals surface area (Å²) in [5.41, 5.74) is 10.7. The minimum atomic E-state index is 0.514. The molecular formula is C42H31N3. The molecule has 0 aliphatic heterocycles. The average molecular weight is 578 g/mol. The van der Waals surface area contributed by atoms with E-state index in [1.807, 2.05) is 72.9 Å². The van der Waals surface area contributed by atoms with E-state index in [1.165, 1.54) is 27.5 Å². The molecule has 3 heteroatoms. The molecule has 0 heterocycles. The topological polar surface area (TPSA) is 48.5 Å². The summed E-state index contributed by atoms with van der Waals surface area (Å²) >= 11 is 0. The lowest BCUT2D eigenvalue weighted by atomic mass is 9.86. The van der Waals surface area contributed by atoms with Crippen LogP contribution in [0.25, 0.3) is 39.1 Å². The number of aliphatic imine (C=N–C) groups is 2. The van der Waals surface area contributed by atoms with Crippen LogP contribution in [0, 0.1) is 11.3 Å². The van der Waals surface area contributed by atoms with Gasteiger partial charge >= 0.3 is 0 Å². The van der Waals surface area contributed by atoms with Crippen molar-refractivity contribution in [2.75, 3.05) is 0 Å². The van der Waals surface area contributed by atoms with Gasteiger partial charge < -0.3 is 0 Å². The van der Waals surface area contributed by atoms with Gasteiger partial charge in [-0.15, -0.1) is 0 Å². The molecular weight excluding hydrogens is 546 g/mol. The van der Waals surface area contributed by atoms with Crippen LogP contribution < -0.4 is 0 Å². The van der Waals surface area contributed by atoms with E-state index in [9.17, 15) is 5.26 Å². The molecule has 1 aliphatic carbocycles. The quantitative estimate of drug-likeness (QED) is 0.144. The van der Waals surface area contributed by atoms with Crippen LogP contribution in [0.3, 0.4) is 0 Å². The van der Waals surface area contributed by atoms with Crippen LogP contribution in [0.4, 0.5) is 0 Å². The molecule has 0 unspecified atom stereocenters. The third kappa shape index (κ3) is 6.13. The molecule has 0 saturated carbocycles. The van der Waals surface area contributed by atoms with Crippen molar-refractivity contribution >= 4 is 28.9 Å². The van der Waals surface area contributed by atoms with Gasteiger partial charge in [-0.1, -0.05) is 109 Å². The van der Waals surface area contributed by atoms with Gasteiger partial charge in [0.2, 0.25) is 0 Å². The van der Waals surface area contributed by atoms with Crippen molar-refractivity contribution in [2.45, 2.75) is 19.4 Å². The monoisotopic (exact) mass is 577 g/mol. The number of fused-ring (bicyclic) bond motifs is 3. The van der Waals surface area contributed by atoms with Gasteiger partial charge in [0, 0.05) is 11.8 Å². The van der Waals surface area contributed by atoms with Crippen LogP contribution in [0.2, 0.25) is 0 Å². The minimum absolute atomic E-state index is 0.514. The first-order chi connectivity index (χ1) is 22.2. The Bertz CT molecular complexity index is 2130. The first-order valence-electron chi connectivity index (χ1n) is 15.3. The summed E-state index contributed by atoms with van der Waals surface area (Å²) in [6, 6.07) is 48.1. The maximum absolute atomic E-state index is 9.68. The van der Waals surface area contributed by atoms with E-state index >= 15 is 0 Å². The van der Waals surface area contributed by atoms with Gasteiger partial charge in [0.05, 0.1) is 18.2 Å². The lowest BCUT2D eigenvalue weighted by Crippen LogP contribution is -2.02. The summed E-state index contributed by atoms with van der Waals surface area (Å²) in [6.45, 7) is 0.514. The van der Waals surface area contributed by atoms with Crippen molar-refractivity contribution in [3.63, 3.8) is 0 Å². The second-order valence-corrected chi connectivity index (χ2v) is 11.3. The van der Waals surface area contributed by atoms with Crippen LogP contribution in [0.1, 0.15) is 39.8 Å². The highest BCUT2D eigenvalue weighted by Crippen LogP contribution is 2.38. The molecule has 214 valence electrons. The predicted molar refractivity (Wildman–Crippen MR) is 188 cm³/mol. The number of amidine groups is 1. The summed E-state index contributed by atoms with van der Waals surface area (Å²) in [7, 11) is 0. The molecule has 0 N–H and O–H groups in total. The predicted octanol–water partition coefficient (Wildman–Crippen LogP) is 10.1. The Morgan fingerprint density at radius 1 is 0.711 bits per heavy atom. The van der Waals surface area contributed by atoms with Crippen molar-refractivity contribution in [1.29, 1.82) is 5.26 Å². The van der Waals surface area contributed by atoms with Crippen molar-refractivity contribution < 1.29 is 0 Å². The summed E-state index contributed by atoms with van der Waals surface area (Å²) < 4.78 is 0. The number of benzene rings is 6. The number of rotatable bonds is 6. The van der Waals surface area contributed by atoms with Crippen molar-refractivity contribution in [1.82, 2.24) is 0 Å². The molecule has 3 nitrogen and oxygen atoms in total. The van der Waals surface area contributed by atoms with Gasteiger partial charge in [0.1, 0.15) is 0 Å². The molecule has 0 aromatic heterocycles. The fraction of sp³-hybridized carbons (Fsp3) is 0.0714. The van der Waals surface area contributed by atoms with Gasteiger partial charge in [-0.2, -0.15) is 5.26 Å². The van der Waals surface area contributed by atoms with E-state index in [4.69, 9.17) is 9.98 Å². The smallest absolute Gasteiger partial charge is 0.154 e. The Balaban J connectivity index is 1.45. The first kappa shape index (κ1) is 28.0. The van der Waals surface area contributed by atoms with E-state index in [-0.39, 0.29) is 0 Å². The van der Waals surface area contributed by atoms with E-state index < -0.39 is 0 Å². The van der Waals surface area contributed by atoms with E-state index in [0.29, 0.717) is 17.9 Å². The number of nitriles is 1. The van der Waals surface area contributed by atoms with Crippen molar-refractivity contribution in [3.8, 4) is 28.3 Å². The maximum atomic E-state index is 9.68. The maximum Gasteiger partial charge on any atom is 0.154 e. The molecule has 0 radical (unpaired) electrons. The van der Waals surface area contributed by atoms with Gasteiger partial charge in [0.15, 0.2) is 5.84 Å². The molecule has 7 rings (SSSR count). The number of allylic oxidation sites excluding steroid dienone is 1. The molecule has 0 spiro atoms. The molecule has 0 fully saturated rings. The molecule has 6 aromatic rings. The molecule has 0 saturated heterocycles. The van der Waals surface area contributed by atoms with Crippen molar-refractivity contribution in [3.05, 3.63) is 173 Å². The Morgan fingerprint density at radius 2 is 1.47 bits per heavy atom. The van der Waals surface area contributed by atoms with Gasteiger partial charge in [-0.25, -0.2) is 4.99 Å². The van der Waals surface area contributed by atoms with Gasteiger partial charge in [-0.3, -0.25) is 4.99 Å². The summed E-state index contributed by atoms with van der Waals surface area (Å²) in [5, 5.41) is 12.2. The molecule has 1 aliphatic rings. The zero-order valence-electron chi connectivity index (χ0n) is 24.9. The third-order valence-electron chi connectivity index (χ3n) is 8.25. The largest absolute Gasteiger partial charge is 0.261 e. The SMILES string of the molecule is N#Cc1cccc(-c2cc(C(=N/Cc3ccccc3)/N=C/c3ccccc3)cc(-c3cc4c(c5ccccc35)C=CCC4)c2)c1. The van der Waals surface area contributed by atoms with Crippen LogP contribution in [-0.2, 0) is 13.0 Å². The fourth-order valence-electron chi connectivity index (χ4n) is 6.02. The van der Waals surface area contributed by atoms with Gasteiger partial charge in [0.25, 0.3) is 0 Å². The zero-order chi connectivity index (χ0) is 30.4. The molecule has 0 bridgehead atoms. The summed E-state index contributed by atoms with van der Waals surface area (Å²) in [4.78, 5) is 10.1. The average Bonchev–Trinajstić information content (AvgIpc) is 3.12. The highest BCUT2D eigenvalue weighted by atomic mass is 14.9. The van der Waals surface area contributed by atoms with E-state index in [2.05, 4.69) is 85.0 Å². The third-order valence-corrected chi connectivity index (χ3v) is 8.25. The van der Waals surface area contributed by atoms with E-state index in [1.54, 1.807) is 0 Å². The second-order valence-electron chi connectivity index (χ2n) is 11.3. The first-order valence-corrected chi connectivity index (χ1v) is 15.3. The van der Waals surface area contributed by atoms with E-state index in [0.717, 1.165) is 46.2 Å². The second kappa shape index (κ2) is 12.8. The van der Waals surface area contributed by atoms with Crippen molar-refractivity contribution in [2.24, 2.45) is 9.98 Å². The van der Waals surface area contributed by atoms with Crippen LogP contribution >= 0.6 is 0 Å². The fourth-order valence-corrected chi connectivity index (χ4v) is 6.02. The molecule has 0 atom stereocenters. The molecule has 45 heavy (non-hydrogen) atoms. The number of hydrogen-bond acceptors (Lipinski definition) is 2. The number of hydrogen-bond donors (Lipinski definition) is 0. The van der Waals surface area contributed by atoms with Crippen LogP contribution in [-0.4, -0.2) is 12.1 Å². The Hall–Kier alpha value is -5.85. The highest BCUT2D eigenvalue weighted by Gasteiger charge is 2.16. The van der Waals surface area contributed by atoms with Crippen LogP contribution in [0.15, 0.2) is 150 Å². The highest BCUT2D eigenvalue weighted by molar-refractivity contribution is 6.08. The number of aryl methyl sites for hydroxylation is 1. The molecule has 6 aromatic carbocycles. The summed E-state index contributed by atoms with van der Waals surface area (Å²) in [6.07, 6.45) is 8.49.